The van der Waals surface area contributed by atoms with Crippen molar-refractivity contribution in [3.05, 3.63) is 46.3 Å². The Morgan fingerprint density at radius 1 is 1.37 bits per heavy atom. The van der Waals surface area contributed by atoms with E-state index in [0.717, 1.165) is 56.5 Å². The average molecular weight is 388 g/mol. The van der Waals surface area contributed by atoms with Crippen LogP contribution in [0, 0.1) is 0 Å². The molecule has 2 N–H and O–H groups in total. The van der Waals surface area contributed by atoms with Gasteiger partial charge in [0.15, 0.2) is 5.96 Å². The summed E-state index contributed by atoms with van der Waals surface area (Å²) in [5.74, 6) is 1.86. The van der Waals surface area contributed by atoms with Gasteiger partial charge in [-0.3, -0.25) is 0 Å². The van der Waals surface area contributed by atoms with Gasteiger partial charge in [0.05, 0.1) is 19.3 Å². The topological polar surface area (TPSA) is 61.8 Å². The van der Waals surface area contributed by atoms with E-state index in [0.29, 0.717) is 6.54 Å². The van der Waals surface area contributed by atoms with Crippen LogP contribution in [0.2, 0.25) is 0 Å². The molecule has 1 unspecified atom stereocenters. The van der Waals surface area contributed by atoms with E-state index in [9.17, 15) is 0 Å². The maximum Gasteiger partial charge on any atom is 0.191 e. The highest BCUT2D eigenvalue weighted by Crippen LogP contribution is 2.15. The molecule has 2 aromatic rings. The third-order valence-electron chi connectivity index (χ3n) is 4.38. The second-order valence-electron chi connectivity index (χ2n) is 6.60. The zero-order valence-electron chi connectivity index (χ0n) is 16.1. The van der Waals surface area contributed by atoms with Gasteiger partial charge in [-0.05, 0) is 43.3 Å². The second-order valence-corrected chi connectivity index (χ2v) is 7.64. The van der Waals surface area contributed by atoms with Crippen LogP contribution in [0.1, 0.15) is 24.3 Å². The minimum Gasteiger partial charge on any atom is -0.375 e. The molecule has 146 valence electrons. The number of guanidine groups is 1. The number of hydrogen-bond acceptors (Lipinski definition) is 5. The van der Waals surface area contributed by atoms with E-state index < -0.39 is 0 Å². The van der Waals surface area contributed by atoms with Crippen LogP contribution in [-0.2, 0) is 17.7 Å². The Balaban J connectivity index is 1.52. The van der Waals surface area contributed by atoms with E-state index in [1.54, 1.807) is 11.3 Å². The first-order chi connectivity index (χ1) is 13.2. The van der Waals surface area contributed by atoms with Crippen LogP contribution in [-0.4, -0.2) is 49.8 Å². The summed E-state index contributed by atoms with van der Waals surface area (Å²) in [4.78, 5) is 13.0. The Bertz CT molecular complexity index is 702. The molecule has 3 heterocycles. The van der Waals surface area contributed by atoms with Crippen molar-refractivity contribution in [1.29, 1.82) is 0 Å². The number of nitrogens with one attached hydrogen (secondary N) is 2. The van der Waals surface area contributed by atoms with Gasteiger partial charge in [0.25, 0.3) is 0 Å². The first kappa shape index (κ1) is 19.6. The van der Waals surface area contributed by atoms with Gasteiger partial charge in [0, 0.05) is 37.3 Å². The summed E-state index contributed by atoms with van der Waals surface area (Å²) in [6, 6.07) is 8.45. The number of rotatable bonds is 7. The molecular weight excluding hydrogens is 358 g/mol. The first-order valence-electron chi connectivity index (χ1n) is 9.60. The van der Waals surface area contributed by atoms with E-state index in [1.807, 2.05) is 6.20 Å². The predicted octanol–water partition coefficient (Wildman–Crippen LogP) is 2.67. The lowest BCUT2D eigenvalue weighted by molar-refractivity contribution is 0.0529. The van der Waals surface area contributed by atoms with Crippen molar-refractivity contribution in [1.82, 2.24) is 15.6 Å². The largest absolute Gasteiger partial charge is 0.375 e. The summed E-state index contributed by atoms with van der Waals surface area (Å²) in [5, 5.41) is 8.81. The van der Waals surface area contributed by atoms with Crippen LogP contribution in [0.15, 0.2) is 40.8 Å². The summed E-state index contributed by atoms with van der Waals surface area (Å²) in [7, 11) is 0. The van der Waals surface area contributed by atoms with Gasteiger partial charge < -0.3 is 20.3 Å². The molecule has 2 aromatic heterocycles. The molecule has 0 aromatic carbocycles. The fraction of sp³-hybridized carbons (Fsp3) is 0.500. The smallest absolute Gasteiger partial charge is 0.191 e. The van der Waals surface area contributed by atoms with E-state index in [2.05, 4.69) is 69.0 Å². The molecule has 0 radical (unpaired) electrons. The summed E-state index contributed by atoms with van der Waals surface area (Å²) in [5.41, 5.74) is 1.11. The maximum absolute atomic E-state index is 5.60. The lowest BCUT2D eigenvalue weighted by Crippen LogP contribution is -2.41. The summed E-state index contributed by atoms with van der Waals surface area (Å²) >= 11 is 1.79. The van der Waals surface area contributed by atoms with E-state index in [-0.39, 0.29) is 6.10 Å². The van der Waals surface area contributed by atoms with Crippen molar-refractivity contribution < 1.29 is 4.74 Å². The number of ether oxygens (including phenoxy) is 1. The summed E-state index contributed by atoms with van der Waals surface area (Å²) < 4.78 is 5.60. The number of thiophene rings is 1. The monoisotopic (exact) mass is 387 g/mol. The molecule has 1 atom stereocenters. The Hall–Kier alpha value is -2.12. The van der Waals surface area contributed by atoms with Gasteiger partial charge in [-0.2, -0.15) is 0 Å². The van der Waals surface area contributed by atoms with Crippen LogP contribution < -0.4 is 15.5 Å². The fourth-order valence-electron chi connectivity index (χ4n) is 2.99. The van der Waals surface area contributed by atoms with Crippen molar-refractivity contribution in [2.24, 2.45) is 4.99 Å². The zero-order valence-corrected chi connectivity index (χ0v) is 17.0. The molecule has 3 rings (SSSR count). The van der Waals surface area contributed by atoms with Crippen molar-refractivity contribution in [2.45, 2.75) is 32.9 Å². The number of pyridine rings is 1. The molecule has 1 fully saturated rings. The second kappa shape index (κ2) is 10.3. The molecule has 0 amide bonds. The summed E-state index contributed by atoms with van der Waals surface area (Å²) in [6.07, 6.45) is 3.19. The molecule has 1 saturated heterocycles. The van der Waals surface area contributed by atoms with Crippen molar-refractivity contribution >= 4 is 23.1 Å². The highest BCUT2D eigenvalue weighted by atomic mass is 32.1. The molecule has 0 spiro atoms. The third kappa shape index (κ3) is 6.22. The minimum absolute atomic E-state index is 0.257. The van der Waals surface area contributed by atoms with Crippen molar-refractivity contribution in [3.63, 3.8) is 0 Å². The van der Waals surface area contributed by atoms with Crippen LogP contribution in [0.25, 0.3) is 0 Å². The van der Waals surface area contributed by atoms with Gasteiger partial charge in [-0.1, -0.05) is 12.1 Å². The van der Waals surface area contributed by atoms with E-state index in [1.165, 1.54) is 4.88 Å². The van der Waals surface area contributed by atoms with Gasteiger partial charge in [0.1, 0.15) is 5.82 Å². The molecule has 1 aliphatic heterocycles. The Kier molecular flexibility index (Phi) is 7.47. The van der Waals surface area contributed by atoms with Gasteiger partial charge >= 0.3 is 0 Å². The van der Waals surface area contributed by atoms with Gasteiger partial charge in [0.2, 0.25) is 0 Å². The number of nitrogens with zero attached hydrogens (tertiary/aromatic N) is 3. The van der Waals surface area contributed by atoms with Crippen molar-refractivity contribution in [2.75, 3.05) is 37.7 Å². The Morgan fingerprint density at radius 3 is 3.00 bits per heavy atom. The number of aromatic nitrogens is 1. The predicted molar refractivity (Wildman–Crippen MR) is 113 cm³/mol. The number of anilines is 1. The highest BCUT2D eigenvalue weighted by Gasteiger charge is 2.17. The molecular formula is C20H29N5OS. The quantitative estimate of drug-likeness (QED) is 0.565. The Morgan fingerprint density at radius 2 is 2.30 bits per heavy atom. The molecule has 0 bridgehead atoms. The van der Waals surface area contributed by atoms with E-state index >= 15 is 0 Å². The highest BCUT2D eigenvalue weighted by molar-refractivity contribution is 7.09. The first-order valence-corrected chi connectivity index (χ1v) is 10.5. The standard InChI is InChI=1S/C20H29N5OS/c1-3-21-20(22-9-8-18-5-4-12-27-18)24-14-17-6-7-19(23-13-17)25-10-11-26-16(2)15-25/h4-7,12-13,16H,3,8-11,14-15H2,1-2H3,(H2,21,22,24). The normalized spacial score (nSPS) is 17.8. The van der Waals surface area contributed by atoms with Crippen LogP contribution in [0.5, 0.6) is 0 Å². The summed E-state index contributed by atoms with van der Waals surface area (Å²) in [6.45, 7) is 9.06. The fourth-order valence-corrected chi connectivity index (χ4v) is 3.70. The van der Waals surface area contributed by atoms with Crippen LogP contribution in [0.3, 0.4) is 0 Å². The minimum atomic E-state index is 0.257. The molecule has 0 aliphatic carbocycles. The van der Waals surface area contributed by atoms with Gasteiger partial charge in [-0.15, -0.1) is 11.3 Å². The van der Waals surface area contributed by atoms with Gasteiger partial charge in [-0.25, -0.2) is 9.98 Å². The van der Waals surface area contributed by atoms with E-state index in [4.69, 9.17) is 4.74 Å². The average Bonchev–Trinajstić information content (AvgIpc) is 3.20. The van der Waals surface area contributed by atoms with Crippen LogP contribution in [0.4, 0.5) is 5.82 Å². The molecule has 1 aliphatic rings. The molecule has 0 saturated carbocycles. The van der Waals surface area contributed by atoms with Crippen LogP contribution >= 0.6 is 11.3 Å². The number of hydrogen-bond donors (Lipinski definition) is 2. The maximum atomic E-state index is 5.60. The molecule has 7 heteroatoms. The third-order valence-corrected chi connectivity index (χ3v) is 5.32. The Labute approximate surface area is 165 Å². The SMILES string of the molecule is CCNC(=NCc1ccc(N2CCOC(C)C2)nc1)NCCc1cccs1. The molecule has 27 heavy (non-hydrogen) atoms. The molecule has 6 nitrogen and oxygen atoms in total. The lowest BCUT2D eigenvalue weighted by Gasteiger charge is -2.32. The number of aliphatic imine (C=N–C) groups is 1. The zero-order chi connectivity index (χ0) is 18.9. The lowest BCUT2D eigenvalue weighted by atomic mass is 10.2. The number of morpholine rings is 1. The van der Waals surface area contributed by atoms with Crippen molar-refractivity contribution in [3.8, 4) is 0 Å².